The highest BCUT2D eigenvalue weighted by atomic mass is 79.9. The van der Waals surface area contributed by atoms with E-state index in [-0.39, 0.29) is 30.0 Å². The number of hydrogen-bond acceptors (Lipinski definition) is 3. The van der Waals surface area contributed by atoms with Crippen LogP contribution in [0.15, 0.2) is 22.7 Å². The second-order valence-corrected chi connectivity index (χ2v) is 6.52. The Morgan fingerprint density at radius 2 is 2.15 bits per heavy atom. The lowest BCUT2D eigenvalue weighted by Crippen LogP contribution is -2.53. The van der Waals surface area contributed by atoms with E-state index >= 15 is 0 Å². The summed E-state index contributed by atoms with van der Waals surface area (Å²) in [6, 6.07) is 5.34. The maximum atomic E-state index is 12.5. The Morgan fingerprint density at radius 3 is 2.70 bits per heavy atom. The van der Waals surface area contributed by atoms with E-state index < -0.39 is 0 Å². The first-order chi connectivity index (χ1) is 8.78. The molecule has 112 valence electrons. The fraction of sp³-hybridized carbons (Fsp3) is 0.500. The van der Waals surface area contributed by atoms with Gasteiger partial charge < -0.3 is 15.4 Å². The number of carbonyl (C=O) groups is 1. The molecule has 1 aliphatic heterocycles. The summed E-state index contributed by atoms with van der Waals surface area (Å²) in [6.07, 6.45) is 0.0318. The number of anilines is 1. The van der Waals surface area contributed by atoms with Gasteiger partial charge in [-0.15, -0.1) is 12.4 Å². The number of carbonyl (C=O) groups excluding carboxylic acids is 1. The Bertz CT molecular complexity index is 508. The summed E-state index contributed by atoms with van der Waals surface area (Å²) in [4.78, 5) is 14.4. The number of nitrogens with two attached hydrogens (primary N) is 1. The molecule has 0 radical (unpaired) electrons. The molecule has 1 atom stereocenters. The van der Waals surface area contributed by atoms with Gasteiger partial charge in [-0.3, -0.25) is 4.79 Å². The van der Waals surface area contributed by atoms with Gasteiger partial charge in [0.05, 0.1) is 17.3 Å². The third-order valence-electron chi connectivity index (χ3n) is 3.10. The van der Waals surface area contributed by atoms with Crippen molar-refractivity contribution in [3.63, 3.8) is 0 Å². The molecule has 1 amide bonds. The highest BCUT2D eigenvalue weighted by Gasteiger charge is 2.34. The molecule has 0 aliphatic carbocycles. The maximum Gasteiger partial charge on any atom is 0.256 e. The van der Waals surface area contributed by atoms with Crippen molar-refractivity contribution in [2.45, 2.75) is 32.5 Å². The van der Waals surface area contributed by atoms with E-state index in [1.165, 1.54) is 0 Å². The molecule has 1 aromatic rings. The van der Waals surface area contributed by atoms with Crippen LogP contribution in [-0.2, 0) is 4.74 Å². The Hall–Kier alpha value is -0.780. The highest BCUT2D eigenvalue weighted by Crippen LogP contribution is 2.25. The number of halogens is 2. The summed E-state index contributed by atoms with van der Waals surface area (Å²) in [5, 5.41) is 0. The van der Waals surface area contributed by atoms with Gasteiger partial charge in [0.2, 0.25) is 0 Å². The number of morpholine rings is 1. The fourth-order valence-corrected chi connectivity index (χ4v) is 2.89. The van der Waals surface area contributed by atoms with Gasteiger partial charge in [0, 0.05) is 23.2 Å². The number of benzene rings is 1. The normalized spacial score (nSPS) is 21.2. The minimum Gasteiger partial charge on any atom is -0.398 e. The molecule has 2 N–H and O–H groups in total. The van der Waals surface area contributed by atoms with E-state index in [1.807, 2.05) is 31.7 Å². The van der Waals surface area contributed by atoms with Gasteiger partial charge in [0.1, 0.15) is 0 Å². The van der Waals surface area contributed by atoms with Crippen molar-refractivity contribution in [3.05, 3.63) is 28.2 Å². The SMILES string of the molecule is CC1CN(C(=O)c2ccc(Br)cc2N)CC(C)(C)O1.Cl. The summed E-state index contributed by atoms with van der Waals surface area (Å²) >= 11 is 3.34. The molecule has 20 heavy (non-hydrogen) atoms. The van der Waals surface area contributed by atoms with Gasteiger partial charge in [-0.2, -0.15) is 0 Å². The monoisotopic (exact) mass is 362 g/mol. The highest BCUT2D eigenvalue weighted by molar-refractivity contribution is 9.10. The Kier molecular flexibility index (Phi) is 5.46. The minimum atomic E-state index is -0.322. The molecule has 1 saturated heterocycles. The topological polar surface area (TPSA) is 55.6 Å². The summed E-state index contributed by atoms with van der Waals surface area (Å²) < 4.78 is 6.68. The molecular weight excluding hydrogens is 344 g/mol. The van der Waals surface area contributed by atoms with Crippen molar-refractivity contribution in [3.8, 4) is 0 Å². The van der Waals surface area contributed by atoms with Crippen LogP contribution in [0.25, 0.3) is 0 Å². The Balaban J connectivity index is 0.00000200. The van der Waals surface area contributed by atoms with Crippen LogP contribution in [0.1, 0.15) is 31.1 Å². The van der Waals surface area contributed by atoms with Crippen LogP contribution in [0, 0.1) is 0 Å². The molecule has 1 unspecified atom stereocenters. The van der Waals surface area contributed by atoms with Crippen LogP contribution in [0.3, 0.4) is 0 Å². The first kappa shape index (κ1) is 17.3. The van der Waals surface area contributed by atoms with E-state index in [4.69, 9.17) is 10.5 Å². The number of rotatable bonds is 1. The molecule has 0 aromatic heterocycles. The van der Waals surface area contributed by atoms with Gasteiger partial charge in [0.15, 0.2) is 0 Å². The van der Waals surface area contributed by atoms with Gasteiger partial charge in [-0.05, 0) is 39.0 Å². The van der Waals surface area contributed by atoms with E-state index in [0.29, 0.717) is 24.3 Å². The molecule has 0 spiro atoms. The van der Waals surface area contributed by atoms with E-state index in [2.05, 4.69) is 15.9 Å². The number of nitrogens with zero attached hydrogens (tertiary/aromatic N) is 1. The van der Waals surface area contributed by atoms with E-state index in [1.54, 1.807) is 12.1 Å². The van der Waals surface area contributed by atoms with Crippen molar-refractivity contribution < 1.29 is 9.53 Å². The third-order valence-corrected chi connectivity index (χ3v) is 3.59. The van der Waals surface area contributed by atoms with Crippen LogP contribution in [-0.4, -0.2) is 35.6 Å². The zero-order valence-corrected chi connectivity index (χ0v) is 14.3. The predicted octanol–water partition coefficient (Wildman–Crippen LogP) is 3.09. The molecule has 2 rings (SSSR count). The van der Waals surface area contributed by atoms with Gasteiger partial charge in [0.25, 0.3) is 5.91 Å². The predicted molar refractivity (Wildman–Crippen MR) is 86.3 cm³/mol. The second-order valence-electron chi connectivity index (χ2n) is 5.61. The minimum absolute atomic E-state index is 0. The number of nitrogen functional groups attached to an aromatic ring is 1. The zero-order valence-electron chi connectivity index (χ0n) is 11.9. The summed E-state index contributed by atoms with van der Waals surface area (Å²) in [6.45, 7) is 7.14. The zero-order chi connectivity index (χ0) is 14.2. The van der Waals surface area contributed by atoms with Crippen LogP contribution in [0.2, 0.25) is 0 Å². The first-order valence-electron chi connectivity index (χ1n) is 6.30. The molecule has 1 heterocycles. The number of amides is 1. The third kappa shape index (κ3) is 3.87. The van der Waals surface area contributed by atoms with E-state index in [9.17, 15) is 4.79 Å². The maximum absolute atomic E-state index is 12.5. The van der Waals surface area contributed by atoms with Crippen molar-refractivity contribution in [2.24, 2.45) is 0 Å². The van der Waals surface area contributed by atoms with Gasteiger partial charge in [-0.25, -0.2) is 0 Å². The smallest absolute Gasteiger partial charge is 0.256 e. The Morgan fingerprint density at radius 1 is 1.50 bits per heavy atom. The first-order valence-corrected chi connectivity index (χ1v) is 7.10. The summed E-state index contributed by atoms with van der Waals surface area (Å²) in [5.41, 5.74) is 6.65. The molecule has 0 bridgehead atoms. The van der Waals surface area contributed by atoms with Crippen molar-refractivity contribution in [1.82, 2.24) is 4.90 Å². The van der Waals surface area contributed by atoms with Crippen molar-refractivity contribution >= 4 is 39.9 Å². The van der Waals surface area contributed by atoms with Gasteiger partial charge >= 0.3 is 0 Å². The largest absolute Gasteiger partial charge is 0.398 e. The molecule has 1 aromatic carbocycles. The molecule has 0 saturated carbocycles. The fourth-order valence-electron chi connectivity index (χ4n) is 2.51. The van der Waals surface area contributed by atoms with E-state index in [0.717, 1.165) is 4.47 Å². The molecular formula is C14H20BrClN2O2. The van der Waals surface area contributed by atoms with Crippen LogP contribution in [0.5, 0.6) is 0 Å². The van der Waals surface area contributed by atoms with Crippen LogP contribution >= 0.6 is 28.3 Å². The lowest BCUT2D eigenvalue weighted by atomic mass is 10.0. The summed E-state index contributed by atoms with van der Waals surface area (Å²) in [7, 11) is 0. The number of ether oxygens (including phenoxy) is 1. The van der Waals surface area contributed by atoms with Gasteiger partial charge in [-0.1, -0.05) is 15.9 Å². The summed E-state index contributed by atoms with van der Waals surface area (Å²) in [5.74, 6) is -0.0341. The van der Waals surface area contributed by atoms with Crippen LogP contribution in [0.4, 0.5) is 5.69 Å². The lowest BCUT2D eigenvalue weighted by Gasteiger charge is -2.41. The number of hydrogen-bond donors (Lipinski definition) is 1. The molecule has 1 fully saturated rings. The molecule has 4 nitrogen and oxygen atoms in total. The lowest BCUT2D eigenvalue weighted by molar-refractivity contribution is -0.118. The Labute approximate surface area is 134 Å². The van der Waals surface area contributed by atoms with Crippen molar-refractivity contribution in [2.75, 3.05) is 18.8 Å². The second kappa shape index (κ2) is 6.33. The van der Waals surface area contributed by atoms with Crippen LogP contribution < -0.4 is 5.73 Å². The average molecular weight is 364 g/mol. The standard InChI is InChI=1S/C14H19BrN2O2.ClH/c1-9-7-17(8-14(2,3)19-9)13(18)11-5-4-10(15)6-12(11)16;/h4-6,9H,7-8,16H2,1-3H3;1H. The molecule has 1 aliphatic rings. The quantitative estimate of drug-likeness (QED) is 0.780. The molecule has 6 heteroatoms. The average Bonchev–Trinajstić information content (AvgIpc) is 2.25. The van der Waals surface area contributed by atoms with Crippen molar-refractivity contribution in [1.29, 1.82) is 0 Å².